The number of hydrogen-bond acceptors (Lipinski definition) is 4. The number of hydrogen-bond donors (Lipinski definition) is 2. The molecule has 8 heteroatoms. The number of halogens is 2. The lowest BCUT2D eigenvalue weighted by Crippen LogP contribution is -2.45. The fourth-order valence-electron chi connectivity index (χ4n) is 2.78. The number of urea groups is 1. The molecule has 0 aliphatic carbocycles. The minimum absolute atomic E-state index is 0.0648. The fourth-order valence-corrected chi connectivity index (χ4v) is 2.78. The second kappa shape index (κ2) is 10.4. The van der Waals surface area contributed by atoms with Crippen LogP contribution in [0.2, 0.25) is 0 Å². The first-order valence-electron chi connectivity index (χ1n) is 8.78. The Morgan fingerprint density at radius 3 is 2.29 bits per heavy atom. The van der Waals surface area contributed by atoms with Gasteiger partial charge in [0.1, 0.15) is 11.8 Å². The van der Waals surface area contributed by atoms with Gasteiger partial charge in [-0.15, -0.1) is 0 Å². The quantitative estimate of drug-likeness (QED) is 0.724. The van der Waals surface area contributed by atoms with Crippen LogP contribution in [0.1, 0.15) is 24.1 Å². The fraction of sp³-hybridized carbons (Fsp3) is 0.300. The number of benzene rings is 2. The molecule has 0 fully saturated rings. The molecule has 0 spiro atoms. The number of likely N-dealkylation sites (N-methyl/N-ethyl adjacent to an activating group) is 1. The molecule has 1 unspecified atom stereocenters. The number of amides is 3. The molecule has 0 aliphatic rings. The van der Waals surface area contributed by atoms with Gasteiger partial charge in [0.05, 0.1) is 0 Å². The summed E-state index contributed by atoms with van der Waals surface area (Å²) in [5.74, 6) is -0.396. The van der Waals surface area contributed by atoms with E-state index in [4.69, 9.17) is 0 Å². The Kier molecular flexibility index (Phi) is 7.88. The number of carbonyl (C=O) groups excluding carboxylic acids is 2. The Hall–Kier alpha value is -3.00. The number of alkyl halides is 2. The molecule has 150 valence electrons. The van der Waals surface area contributed by atoms with Crippen LogP contribution in [-0.4, -0.2) is 37.0 Å². The first-order valence-corrected chi connectivity index (χ1v) is 8.78. The number of rotatable bonds is 8. The molecule has 0 radical (unpaired) electrons. The average Bonchev–Trinajstić information content (AvgIpc) is 2.64. The van der Waals surface area contributed by atoms with Gasteiger partial charge in [-0.05, 0) is 37.2 Å². The Morgan fingerprint density at radius 1 is 1.07 bits per heavy atom. The first-order chi connectivity index (χ1) is 13.4. The minimum Gasteiger partial charge on any atom is -0.435 e. The van der Waals surface area contributed by atoms with E-state index in [1.54, 1.807) is 43.1 Å². The van der Waals surface area contributed by atoms with Crippen molar-refractivity contribution < 1.29 is 23.1 Å². The summed E-state index contributed by atoms with van der Waals surface area (Å²) in [6.07, 6.45) is 0. The van der Waals surface area contributed by atoms with Crippen LogP contribution in [0.25, 0.3) is 0 Å². The van der Waals surface area contributed by atoms with Crippen molar-refractivity contribution in [3.63, 3.8) is 0 Å². The highest BCUT2D eigenvalue weighted by Gasteiger charge is 2.26. The Bertz CT molecular complexity index is 770. The maximum Gasteiger partial charge on any atom is 0.387 e. The summed E-state index contributed by atoms with van der Waals surface area (Å²) in [4.78, 5) is 26.2. The molecule has 0 heterocycles. The summed E-state index contributed by atoms with van der Waals surface area (Å²) in [6.45, 7) is -0.365. The van der Waals surface area contributed by atoms with Crippen molar-refractivity contribution >= 4 is 11.9 Å². The molecule has 2 N–H and O–H groups in total. The van der Waals surface area contributed by atoms with E-state index in [1.165, 1.54) is 12.1 Å². The van der Waals surface area contributed by atoms with E-state index in [-0.39, 0.29) is 5.75 Å². The summed E-state index contributed by atoms with van der Waals surface area (Å²) in [5.41, 5.74) is 1.53. The highest BCUT2D eigenvalue weighted by atomic mass is 19.3. The summed E-state index contributed by atoms with van der Waals surface area (Å²) >= 11 is 0. The first kappa shape index (κ1) is 21.3. The predicted octanol–water partition coefficient (Wildman–Crippen LogP) is 3.31. The lowest BCUT2D eigenvalue weighted by atomic mass is 10.0. The topological polar surface area (TPSA) is 70.7 Å². The Labute approximate surface area is 162 Å². The SMILES string of the molecule is CCNC(=O)NC(=O)C(c1ccccc1)N(C)Cc1ccc(OC(F)F)cc1. The summed E-state index contributed by atoms with van der Waals surface area (Å²) in [7, 11) is 1.75. The Morgan fingerprint density at radius 2 is 1.71 bits per heavy atom. The lowest BCUT2D eigenvalue weighted by molar-refractivity contribution is -0.125. The largest absolute Gasteiger partial charge is 0.435 e. The standard InChI is InChI=1S/C20H23F2N3O3/c1-3-23-20(27)24-18(26)17(15-7-5-4-6-8-15)25(2)13-14-9-11-16(12-10-14)28-19(21)22/h4-12,17,19H,3,13H2,1-2H3,(H2,23,24,26,27). The van der Waals surface area contributed by atoms with Crippen molar-refractivity contribution in [2.45, 2.75) is 26.1 Å². The number of carbonyl (C=O) groups is 2. The molecule has 0 aliphatic heterocycles. The van der Waals surface area contributed by atoms with Crippen molar-refractivity contribution in [2.24, 2.45) is 0 Å². The average molecular weight is 391 g/mol. The molecule has 0 aromatic heterocycles. The number of imide groups is 1. The summed E-state index contributed by atoms with van der Waals surface area (Å²) < 4.78 is 28.9. The summed E-state index contributed by atoms with van der Waals surface area (Å²) in [6, 6.07) is 14.0. The Balaban J connectivity index is 2.15. The zero-order valence-electron chi connectivity index (χ0n) is 15.7. The lowest BCUT2D eigenvalue weighted by Gasteiger charge is -2.27. The van der Waals surface area contributed by atoms with E-state index < -0.39 is 24.6 Å². The monoisotopic (exact) mass is 391 g/mol. The minimum atomic E-state index is -2.88. The van der Waals surface area contributed by atoms with Crippen LogP contribution < -0.4 is 15.4 Å². The molecule has 1 atom stereocenters. The molecule has 2 aromatic carbocycles. The maximum absolute atomic E-state index is 12.7. The van der Waals surface area contributed by atoms with E-state index in [0.29, 0.717) is 13.1 Å². The summed E-state index contributed by atoms with van der Waals surface area (Å²) in [5, 5.41) is 4.87. The van der Waals surface area contributed by atoms with Crippen LogP contribution in [0.5, 0.6) is 5.75 Å². The smallest absolute Gasteiger partial charge is 0.387 e. The van der Waals surface area contributed by atoms with Gasteiger partial charge in [-0.2, -0.15) is 8.78 Å². The van der Waals surface area contributed by atoms with Gasteiger partial charge in [-0.3, -0.25) is 15.0 Å². The molecule has 6 nitrogen and oxygen atoms in total. The van der Waals surface area contributed by atoms with E-state index in [9.17, 15) is 18.4 Å². The van der Waals surface area contributed by atoms with Crippen LogP contribution in [-0.2, 0) is 11.3 Å². The van der Waals surface area contributed by atoms with Crippen LogP contribution in [0.3, 0.4) is 0 Å². The van der Waals surface area contributed by atoms with Gasteiger partial charge in [-0.25, -0.2) is 4.79 Å². The molecule has 28 heavy (non-hydrogen) atoms. The van der Waals surface area contributed by atoms with Gasteiger partial charge in [-0.1, -0.05) is 42.5 Å². The second-order valence-corrected chi connectivity index (χ2v) is 6.10. The van der Waals surface area contributed by atoms with E-state index >= 15 is 0 Å². The highest BCUT2D eigenvalue weighted by Crippen LogP contribution is 2.23. The molecule has 2 rings (SSSR count). The van der Waals surface area contributed by atoms with E-state index in [1.807, 2.05) is 18.2 Å². The third-order valence-corrected chi connectivity index (χ3v) is 3.96. The van der Waals surface area contributed by atoms with Crippen LogP contribution >= 0.6 is 0 Å². The van der Waals surface area contributed by atoms with Crippen molar-refractivity contribution in [2.75, 3.05) is 13.6 Å². The van der Waals surface area contributed by atoms with Crippen molar-refractivity contribution in [1.82, 2.24) is 15.5 Å². The molecular weight excluding hydrogens is 368 g/mol. The third kappa shape index (κ3) is 6.31. The van der Waals surface area contributed by atoms with Gasteiger partial charge < -0.3 is 10.1 Å². The number of nitrogens with zero attached hydrogens (tertiary/aromatic N) is 1. The highest BCUT2D eigenvalue weighted by molar-refractivity contribution is 5.97. The molecule has 0 bridgehead atoms. The zero-order chi connectivity index (χ0) is 20.5. The van der Waals surface area contributed by atoms with Crippen molar-refractivity contribution in [3.8, 4) is 5.75 Å². The van der Waals surface area contributed by atoms with Gasteiger partial charge in [0, 0.05) is 13.1 Å². The predicted molar refractivity (Wildman–Crippen MR) is 101 cm³/mol. The number of nitrogens with one attached hydrogen (secondary N) is 2. The van der Waals surface area contributed by atoms with Crippen LogP contribution in [0, 0.1) is 0 Å². The molecule has 0 saturated carbocycles. The second-order valence-electron chi connectivity index (χ2n) is 6.10. The molecule has 3 amide bonds. The van der Waals surface area contributed by atoms with Gasteiger partial charge >= 0.3 is 12.6 Å². The third-order valence-electron chi connectivity index (χ3n) is 3.96. The van der Waals surface area contributed by atoms with Gasteiger partial charge in [0.2, 0.25) is 5.91 Å². The van der Waals surface area contributed by atoms with Crippen molar-refractivity contribution in [1.29, 1.82) is 0 Å². The molecular formula is C20H23F2N3O3. The van der Waals surface area contributed by atoms with Crippen LogP contribution in [0.4, 0.5) is 13.6 Å². The molecule has 0 saturated heterocycles. The van der Waals surface area contributed by atoms with Crippen molar-refractivity contribution in [3.05, 3.63) is 65.7 Å². The van der Waals surface area contributed by atoms with E-state index in [0.717, 1.165) is 11.1 Å². The maximum atomic E-state index is 12.7. The zero-order valence-corrected chi connectivity index (χ0v) is 15.7. The van der Waals surface area contributed by atoms with Crippen LogP contribution in [0.15, 0.2) is 54.6 Å². The van der Waals surface area contributed by atoms with Gasteiger partial charge in [0.25, 0.3) is 0 Å². The normalized spacial score (nSPS) is 11.9. The number of ether oxygens (including phenoxy) is 1. The van der Waals surface area contributed by atoms with Gasteiger partial charge in [0.15, 0.2) is 0 Å². The molecule has 2 aromatic rings. The van der Waals surface area contributed by atoms with E-state index in [2.05, 4.69) is 15.4 Å².